The molecule has 2 rings (SSSR count). The summed E-state index contributed by atoms with van der Waals surface area (Å²) in [6.45, 7) is 1.84. The molecule has 1 amide bonds. The molecule has 0 aliphatic carbocycles. The zero-order valence-corrected chi connectivity index (χ0v) is 11.1. The van der Waals surface area contributed by atoms with Crippen molar-refractivity contribution in [2.24, 2.45) is 12.8 Å². The second kappa shape index (κ2) is 4.82. The molecule has 0 fully saturated rings. The van der Waals surface area contributed by atoms with Crippen LogP contribution in [0.15, 0.2) is 30.5 Å². The minimum absolute atomic E-state index is 0.0429. The summed E-state index contributed by atoms with van der Waals surface area (Å²) in [6, 6.07) is 7.93. The van der Waals surface area contributed by atoms with Crippen LogP contribution in [-0.4, -0.2) is 23.6 Å². The molecule has 2 N–H and O–H groups in total. The number of carbonyl (C=O) groups is 1. The van der Waals surface area contributed by atoms with Crippen molar-refractivity contribution in [3.8, 4) is 0 Å². The van der Waals surface area contributed by atoms with Gasteiger partial charge in [0.25, 0.3) is 0 Å². The first-order valence-corrected chi connectivity index (χ1v) is 6.07. The maximum absolute atomic E-state index is 12.0. The van der Waals surface area contributed by atoms with Crippen LogP contribution < -0.4 is 10.6 Å². The molecular formula is C14H19N3O. The third-order valence-corrected chi connectivity index (χ3v) is 3.11. The maximum Gasteiger partial charge on any atom is 0.228 e. The molecule has 1 aromatic carbocycles. The van der Waals surface area contributed by atoms with E-state index in [2.05, 4.69) is 0 Å². The second-order valence-electron chi connectivity index (χ2n) is 4.78. The average Bonchev–Trinajstić information content (AvgIpc) is 2.66. The number of hydrogen-bond donors (Lipinski definition) is 1. The van der Waals surface area contributed by atoms with Gasteiger partial charge in [0, 0.05) is 43.7 Å². The molecule has 1 aromatic heterocycles. The first-order valence-electron chi connectivity index (χ1n) is 6.07. The quantitative estimate of drug-likeness (QED) is 0.897. The predicted octanol–water partition coefficient (Wildman–Crippen LogP) is 1.88. The van der Waals surface area contributed by atoms with Gasteiger partial charge in [-0.1, -0.05) is 18.2 Å². The zero-order chi connectivity index (χ0) is 13.3. The lowest BCUT2D eigenvalue weighted by Gasteiger charge is -2.17. The Kier molecular flexibility index (Phi) is 3.39. The van der Waals surface area contributed by atoms with E-state index in [4.69, 9.17) is 5.73 Å². The smallest absolute Gasteiger partial charge is 0.228 e. The summed E-state index contributed by atoms with van der Waals surface area (Å²) in [5.74, 6) is 0.0429. The van der Waals surface area contributed by atoms with Crippen LogP contribution in [0, 0.1) is 0 Å². The Balaban J connectivity index is 2.39. The summed E-state index contributed by atoms with van der Waals surface area (Å²) in [7, 11) is 3.78. The minimum Gasteiger partial charge on any atom is -0.348 e. The summed E-state index contributed by atoms with van der Waals surface area (Å²) in [5, 5.41) is 1.08. The number of aromatic nitrogens is 1. The maximum atomic E-state index is 12.0. The fraction of sp³-hybridized carbons (Fsp3) is 0.357. The van der Waals surface area contributed by atoms with Crippen molar-refractivity contribution in [2.75, 3.05) is 11.9 Å². The third-order valence-electron chi connectivity index (χ3n) is 3.11. The molecule has 4 heteroatoms. The van der Waals surface area contributed by atoms with Crippen molar-refractivity contribution in [1.82, 2.24) is 4.57 Å². The topological polar surface area (TPSA) is 51.3 Å². The number of nitrogens with two attached hydrogens (primary N) is 1. The SMILES string of the molecule is CC(N)CC(=O)N(C)c1cn(C)c2ccccc12. The van der Waals surface area contributed by atoms with Crippen LogP contribution in [0.5, 0.6) is 0 Å². The number of hydrogen-bond acceptors (Lipinski definition) is 2. The molecular weight excluding hydrogens is 226 g/mol. The van der Waals surface area contributed by atoms with Crippen molar-refractivity contribution >= 4 is 22.5 Å². The van der Waals surface area contributed by atoms with E-state index >= 15 is 0 Å². The van der Waals surface area contributed by atoms with Gasteiger partial charge in [0.2, 0.25) is 5.91 Å². The van der Waals surface area contributed by atoms with Crippen molar-refractivity contribution in [3.63, 3.8) is 0 Å². The molecule has 1 unspecified atom stereocenters. The summed E-state index contributed by atoms with van der Waals surface area (Å²) in [5.41, 5.74) is 7.72. The molecule has 1 atom stereocenters. The van der Waals surface area contributed by atoms with E-state index < -0.39 is 0 Å². The van der Waals surface area contributed by atoms with Crippen LogP contribution in [0.1, 0.15) is 13.3 Å². The lowest BCUT2D eigenvalue weighted by atomic mass is 10.2. The fourth-order valence-electron chi connectivity index (χ4n) is 2.13. The van der Waals surface area contributed by atoms with Crippen molar-refractivity contribution < 1.29 is 4.79 Å². The van der Waals surface area contributed by atoms with Gasteiger partial charge in [-0.25, -0.2) is 0 Å². The lowest BCUT2D eigenvalue weighted by molar-refractivity contribution is -0.118. The summed E-state index contributed by atoms with van der Waals surface area (Å²) in [4.78, 5) is 13.7. The van der Waals surface area contributed by atoms with Crippen molar-refractivity contribution in [1.29, 1.82) is 0 Å². The van der Waals surface area contributed by atoms with Crippen molar-refractivity contribution in [2.45, 2.75) is 19.4 Å². The van der Waals surface area contributed by atoms with E-state index in [1.165, 1.54) is 0 Å². The van der Waals surface area contributed by atoms with E-state index in [-0.39, 0.29) is 11.9 Å². The largest absolute Gasteiger partial charge is 0.348 e. The van der Waals surface area contributed by atoms with E-state index in [0.29, 0.717) is 6.42 Å². The van der Waals surface area contributed by atoms with Gasteiger partial charge in [-0.05, 0) is 13.0 Å². The van der Waals surface area contributed by atoms with Gasteiger partial charge in [0.05, 0.1) is 5.69 Å². The van der Waals surface area contributed by atoms with Crippen LogP contribution in [0.3, 0.4) is 0 Å². The van der Waals surface area contributed by atoms with Crippen LogP contribution in [-0.2, 0) is 11.8 Å². The monoisotopic (exact) mass is 245 g/mol. The van der Waals surface area contributed by atoms with Gasteiger partial charge in [0.15, 0.2) is 0 Å². The summed E-state index contributed by atoms with van der Waals surface area (Å²) < 4.78 is 2.03. The molecule has 0 aliphatic heterocycles. The standard InChI is InChI=1S/C14H19N3O/c1-10(15)8-14(18)17(3)13-9-16(2)12-7-5-4-6-11(12)13/h4-7,9-10H,8,15H2,1-3H3. The second-order valence-corrected chi connectivity index (χ2v) is 4.78. The molecule has 0 saturated carbocycles. The lowest BCUT2D eigenvalue weighted by Crippen LogP contribution is -2.31. The van der Waals surface area contributed by atoms with E-state index in [0.717, 1.165) is 16.6 Å². The molecule has 96 valence electrons. The number of fused-ring (bicyclic) bond motifs is 1. The molecule has 4 nitrogen and oxygen atoms in total. The molecule has 2 aromatic rings. The number of para-hydroxylation sites is 1. The third kappa shape index (κ3) is 2.24. The van der Waals surface area contributed by atoms with E-state index in [1.807, 2.05) is 49.0 Å². The molecule has 0 bridgehead atoms. The van der Waals surface area contributed by atoms with Gasteiger partial charge in [-0.2, -0.15) is 0 Å². The van der Waals surface area contributed by atoms with E-state index in [1.54, 1.807) is 11.9 Å². The van der Waals surface area contributed by atoms with Crippen LogP contribution in [0.4, 0.5) is 5.69 Å². The minimum atomic E-state index is -0.116. The number of rotatable bonds is 3. The highest BCUT2D eigenvalue weighted by molar-refractivity contribution is 6.03. The van der Waals surface area contributed by atoms with Gasteiger partial charge >= 0.3 is 0 Å². The highest BCUT2D eigenvalue weighted by Crippen LogP contribution is 2.28. The summed E-state index contributed by atoms with van der Waals surface area (Å²) in [6.07, 6.45) is 2.34. The Morgan fingerprint density at radius 1 is 1.44 bits per heavy atom. The zero-order valence-electron chi connectivity index (χ0n) is 11.1. The van der Waals surface area contributed by atoms with Crippen LogP contribution >= 0.6 is 0 Å². The molecule has 0 spiro atoms. The molecule has 0 saturated heterocycles. The Morgan fingerprint density at radius 2 is 2.11 bits per heavy atom. The number of carbonyl (C=O) groups excluding carboxylic acids is 1. The van der Waals surface area contributed by atoms with Crippen LogP contribution in [0.25, 0.3) is 10.9 Å². The Morgan fingerprint density at radius 3 is 2.78 bits per heavy atom. The highest BCUT2D eigenvalue weighted by Gasteiger charge is 2.16. The van der Waals surface area contributed by atoms with E-state index in [9.17, 15) is 4.79 Å². The average molecular weight is 245 g/mol. The number of nitrogens with zero attached hydrogens (tertiary/aromatic N) is 2. The number of anilines is 1. The first kappa shape index (κ1) is 12.6. The number of amides is 1. The van der Waals surface area contributed by atoms with Gasteiger partial charge in [-0.3, -0.25) is 4.79 Å². The Labute approximate surface area is 107 Å². The fourth-order valence-corrected chi connectivity index (χ4v) is 2.13. The molecule has 0 aliphatic rings. The normalized spacial score (nSPS) is 12.7. The van der Waals surface area contributed by atoms with Crippen LogP contribution in [0.2, 0.25) is 0 Å². The van der Waals surface area contributed by atoms with Gasteiger partial charge in [0.1, 0.15) is 0 Å². The molecule has 0 radical (unpaired) electrons. The Hall–Kier alpha value is -1.81. The molecule has 1 heterocycles. The highest BCUT2D eigenvalue weighted by atomic mass is 16.2. The molecule has 18 heavy (non-hydrogen) atoms. The number of benzene rings is 1. The summed E-state index contributed by atoms with van der Waals surface area (Å²) >= 11 is 0. The Bertz CT molecular complexity index is 571. The van der Waals surface area contributed by atoms with Crippen molar-refractivity contribution in [3.05, 3.63) is 30.5 Å². The van der Waals surface area contributed by atoms with Gasteiger partial charge < -0.3 is 15.2 Å². The van der Waals surface area contributed by atoms with Gasteiger partial charge in [-0.15, -0.1) is 0 Å². The predicted molar refractivity (Wildman–Crippen MR) is 74.6 cm³/mol. The first-order chi connectivity index (χ1) is 8.50. The number of aryl methyl sites for hydroxylation is 1.